The van der Waals surface area contributed by atoms with Crippen molar-refractivity contribution in [2.24, 2.45) is 0 Å². The first-order valence-electron chi connectivity index (χ1n) is 8.05. The third-order valence-corrected chi connectivity index (χ3v) is 3.90. The van der Waals surface area contributed by atoms with Crippen LogP contribution in [0.15, 0.2) is 54.6 Å². The number of hydrogen-bond acceptors (Lipinski definition) is 3. The van der Waals surface area contributed by atoms with Crippen LogP contribution in [0, 0.1) is 0 Å². The number of carbonyl (C=O) groups is 2. The van der Waals surface area contributed by atoms with Crippen LogP contribution in [0.5, 0.6) is 0 Å². The van der Waals surface area contributed by atoms with Gasteiger partial charge >= 0.3 is 0 Å². The van der Waals surface area contributed by atoms with E-state index >= 15 is 0 Å². The highest BCUT2D eigenvalue weighted by Gasteiger charge is 2.23. The number of fused-ring (bicyclic) bond motifs is 1. The van der Waals surface area contributed by atoms with E-state index in [9.17, 15) is 9.59 Å². The van der Waals surface area contributed by atoms with Gasteiger partial charge in [-0.3, -0.25) is 9.59 Å². The fourth-order valence-electron chi connectivity index (χ4n) is 2.68. The lowest BCUT2D eigenvalue weighted by atomic mass is 10.2. The minimum absolute atomic E-state index is 0.0352. The fraction of sp³-hybridized carbons (Fsp3) is 0.263. The molecule has 0 saturated heterocycles. The van der Waals surface area contributed by atoms with E-state index < -0.39 is 0 Å². The number of nitrogens with zero attached hydrogens (tertiary/aromatic N) is 1. The lowest BCUT2D eigenvalue weighted by molar-refractivity contribution is -0.119. The van der Waals surface area contributed by atoms with Crippen molar-refractivity contribution in [3.63, 3.8) is 0 Å². The fourth-order valence-corrected chi connectivity index (χ4v) is 2.68. The average molecular weight is 324 g/mol. The summed E-state index contributed by atoms with van der Waals surface area (Å²) in [4.78, 5) is 26.0. The molecule has 1 heterocycles. The number of nitrogens with one attached hydrogen (secondary N) is 1. The Labute approximate surface area is 141 Å². The van der Waals surface area contributed by atoms with E-state index in [4.69, 9.17) is 4.74 Å². The Morgan fingerprint density at radius 1 is 1.08 bits per heavy atom. The summed E-state index contributed by atoms with van der Waals surface area (Å²) >= 11 is 0. The van der Waals surface area contributed by atoms with Crippen molar-refractivity contribution in [2.45, 2.75) is 19.4 Å². The number of ether oxygens (including phenoxy) is 1. The van der Waals surface area contributed by atoms with Crippen LogP contribution in [0.1, 0.15) is 18.4 Å². The second kappa shape index (κ2) is 7.75. The van der Waals surface area contributed by atoms with Gasteiger partial charge in [-0.1, -0.05) is 42.5 Å². The lowest BCUT2D eigenvalue weighted by Crippen LogP contribution is -2.32. The van der Waals surface area contributed by atoms with E-state index in [1.807, 2.05) is 54.6 Å². The van der Waals surface area contributed by atoms with Gasteiger partial charge in [-0.05, 0) is 17.7 Å². The zero-order chi connectivity index (χ0) is 16.8. The van der Waals surface area contributed by atoms with Crippen molar-refractivity contribution in [3.05, 3.63) is 60.2 Å². The first-order chi connectivity index (χ1) is 11.7. The van der Waals surface area contributed by atoms with E-state index in [0.29, 0.717) is 31.9 Å². The molecule has 24 heavy (non-hydrogen) atoms. The third kappa shape index (κ3) is 4.00. The summed E-state index contributed by atoms with van der Waals surface area (Å²) in [5, 5.41) is 2.83. The average Bonchev–Trinajstić information content (AvgIpc) is 2.77. The van der Waals surface area contributed by atoms with Gasteiger partial charge in [0.25, 0.3) is 0 Å². The molecule has 0 bridgehead atoms. The van der Waals surface area contributed by atoms with Gasteiger partial charge in [-0.25, -0.2) is 0 Å². The van der Waals surface area contributed by atoms with Crippen LogP contribution in [0.4, 0.5) is 11.4 Å². The summed E-state index contributed by atoms with van der Waals surface area (Å²) in [6, 6.07) is 17.2. The molecule has 0 aromatic heterocycles. The second-order valence-electron chi connectivity index (χ2n) is 5.65. The summed E-state index contributed by atoms with van der Waals surface area (Å²) in [7, 11) is 0. The van der Waals surface area contributed by atoms with Crippen LogP contribution in [-0.2, 0) is 20.9 Å². The smallest absolute Gasteiger partial charge is 0.229 e. The van der Waals surface area contributed by atoms with Crippen LogP contribution in [0.3, 0.4) is 0 Å². The maximum Gasteiger partial charge on any atom is 0.229 e. The molecule has 0 radical (unpaired) electrons. The Morgan fingerprint density at radius 2 is 1.83 bits per heavy atom. The predicted molar refractivity (Wildman–Crippen MR) is 92.8 cm³/mol. The number of carbonyl (C=O) groups excluding carboxylic acids is 2. The highest BCUT2D eigenvalue weighted by atomic mass is 16.5. The Morgan fingerprint density at radius 3 is 2.67 bits per heavy atom. The van der Waals surface area contributed by atoms with Crippen LogP contribution >= 0.6 is 0 Å². The normalized spacial score (nSPS) is 13.8. The molecular formula is C19H20N2O3. The molecule has 1 N–H and O–H groups in total. The first kappa shape index (κ1) is 16.2. The number of amides is 2. The molecule has 0 spiro atoms. The molecule has 2 amide bonds. The second-order valence-corrected chi connectivity index (χ2v) is 5.65. The monoisotopic (exact) mass is 324 g/mol. The molecule has 2 aromatic carbocycles. The molecule has 3 rings (SSSR count). The number of rotatable bonds is 5. The topological polar surface area (TPSA) is 58.6 Å². The molecule has 2 aromatic rings. The van der Waals surface area contributed by atoms with Gasteiger partial charge in [-0.2, -0.15) is 0 Å². The van der Waals surface area contributed by atoms with Crippen LogP contribution < -0.4 is 10.2 Å². The van der Waals surface area contributed by atoms with Crippen molar-refractivity contribution in [1.82, 2.24) is 0 Å². The SMILES string of the molecule is O=C1CCN(C(=O)CCOCc2ccccc2)c2ccccc2N1. The molecule has 0 fully saturated rings. The van der Waals surface area contributed by atoms with E-state index in [1.54, 1.807) is 4.90 Å². The molecule has 5 heteroatoms. The van der Waals surface area contributed by atoms with Crippen LogP contribution in [0.25, 0.3) is 0 Å². The third-order valence-electron chi connectivity index (χ3n) is 3.90. The maximum atomic E-state index is 12.5. The van der Waals surface area contributed by atoms with Crippen molar-refractivity contribution in [2.75, 3.05) is 23.4 Å². The molecule has 5 nitrogen and oxygen atoms in total. The van der Waals surface area contributed by atoms with E-state index in [-0.39, 0.29) is 18.2 Å². The van der Waals surface area contributed by atoms with Crippen LogP contribution in [0.2, 0.25) is 0 Å². The van der Waals surface area contributed by atoms with Crippen LogP contribution in [-0.4, -0.2) is 25.0 Å². The number of anilines is 2. The van der Waals surface area contributed by atoms with E-state index in [1.165, 1.54) is 0 Å². The molecular weight excluding hydrogens is 304 g/mol. The van der Waals surface area contributed by atoms with Gasteiger partial charge in [0.2, 0.25) is 11.8 Å². The zero-order valence-corrected chi connectivity index (χ0v) is 13.4. The molecule has 0 atom stereocenters. The molecule has 0 saturated carbocycles. The number of para-hydroxylation sites is 2. The van der Waals surface area contributed by atoms with Crippen molar-refractivity contribution >= 4 is 23.2 Å². The van der Waals surface area contributed by atoms with Gasteiger partial charge in [-0.15, -0.1) is 0 Å². The largest absolute Gasteiger partial charge is 0.376 e. The molecule has 0 aliphatic carbocycles. The zero-order valence-electron chi connectivity index (χ0n) is 13.4. The lowest BCUT2D eigenvalue weighted by Gasteiger charge is -2.22. The van der Waals surface area contributed by atoms with Gasteiger partial charge in [0.15, 0.2) is 0 Å². The molecule has 124 valence electrons. The Bertz CT molecular complexity index is 716. The quantitative estimate of drug-likeness (QED) is 0.860. The van der Waals surface area contributed by atoms with Crippen molar-refractivity contribution < 1.29 is 14.3 Å². The Hall–Kier alpha value is -2.66. The van der Waals surface area contributed by atoms with Gasteiger partial charge in [0.05, 0.1) is 31.0 Å². The minimum Gasteiger partial charge on any atom is -0.376 e. The standard InChI is InChI=1S/C19H20N2O3/c22-18-10-12-21(17-9-5-4-8-16(17)20-18)19(23)11-13-24-14-15-6-2-1-3-7-15/h1-9H,10-14H2,(H,20,22). The molecule has 0 unspecified atom stereocenters. The van der Waals surface area contributed by atoms with E-state index in [2.05, 4.69) is 5.32 Å². The highest BCUT2D eigenvalue weighted by Crippen LogP contribution is 2.28. The summed E-state index contributed by atoms with van der Waals surface area (Å²) in [6.07, 6.45) is 0.584. The summed E-state index contributed by atoms with van der Waals surface area (Å²) < 4.78 is 5.59. The van der Waals surface area contributed by atoms with E-state index in [0.717, 1.165) is 11.3 Å². The number of hydrogen-bond donors (Lipinski definition) is 1. The Balaban J connectivity index is 1.57. The molecule has 1 aliphatic rings. The summed E-state index contributed by atoms with van der Waals surface area (Å²) in [5.41, 5.74) is 2.51. The van der Waals surface area contributed by atoms with Crippen molar-refractivity contribution in [1.29, 1.82) is 0 Å². The Kier molecular flexibility index (Phi) is 5.23. The highest BCUT2D eigenvalue weighted by molar-refractivity contribution is 6.03. The summed E-state index contributed by atoms with van der Waals surface area (Å²) in [5.74, 6) is -0.106. The summed E-state index contributed by atoms with van der Waals surface area (Å²) in [6.45, 7) is 1.24. The minimum atomic E-state index is -0.0712. The predicted octanol–water partition coefficient (Wildman–Crippen LogP) is 2.97. The maximum absolute atomic E-state index is 12.5. The van der Waals surface area contributed by atoms with Crippen molar-refractivity contribution in [3.8, 4) is 0 Å². The number of benzene rings is 2. The van der Waals surface area contributed by atoms with Gasteiger partial charge in [0, 0.05) is 13.0 Å². The van der Waals surface area contributed by atoms with Gasteiger partial charge in [0.1, 0.15) is 0 Å². The van der Waals surface area contributed by atoms with Gasteiger partial charge < -0.3 is 15.0 Å². The first-order valence-corrected chi connectivity index (χ1v) is 8.05. The molecule has 1 aliphatic heterocycles.